The minimum atomic E-state index is -0.365. The van der Waals surface area contributed by atoms with Crippen LogP contribution >= 0.6 is 0 Å². The zero-order valence-electron chi connectivity index (χ0n) is 15.7. The van der Waals surface area contributed by atoms with Crippen molar-refractivity contribution >= 4 is 16.8 Å². The van der Waals surface area contributed by atoms with Gasteiger partial charge in [-0.3, -0.25) is 14.2 Å². The van der Waals surface area contributed by atoms with Crippen molar-refractivity contribution in [2.45, 2.75) is 19.5 Å². The van der Waals surface area contributed by atoms with Crippen molar-refractivity contribution in [2.75, 3.05) is 14.2 Å². The molecule has 0 saturated heterocycles. The van der Waals surface area contributed by atoms with Crippen LogP contribution < -0.4 is 20.3 Å². The first-order chi connectivity index (χ1) is 13.4. The van der Waals surface area contributed by atoms with Crippen molar-refractivity contribution in [3.05, 3.63) is 64.5 Å². The van der Waals surface area contributed by atoms with Crippen LogP contribution in [0.15, 0.2) is 47.5 Å². The van der Waals surface area contributed by atoms with E-state index in [-0.39, 0.29) is 29.9 Å². The molecule has 146 valence electrons. The van der Waals surface area contributed by atoms with Gasteiger partial charge in [0.05, 0.1) is 37.5 Å². The van der Waals surface area contributed by atoms with Gasteiger partial charge in [0.15, 0.2) is 11.5 Å². The van der Waals surface area contributed by atoms with Crippen LogP contribution in [0.2, 0.25) is 0 Å². The number of fused-ring (bicyclic) bond motifs is 1. The highest BCUT2D eigenvalue weighted by Gasteiger charge is 2.14. The second-order valence-electron chi connectivity index (χ2n) is 6.24. The van der Waals surface area contributed by atoms with Gasteiger partial charge in [0.1, 0.15) is 12.4 Å². The summed E-state index contributed by atoms with van der Waals surface area (Å²) in [6.45, 7) is 1.59. The molecule has 0 radical (unpaired) electrons. The van der Waals surface area contributed by atoms with Gasteiger partial charge in [0.25, 0.3) is 5.56 Å². The standard InChI is InChI=1S/C20H20FN3O4/c1-12(13-4-6-14(21)7-5-13)23-19(25)10-24-11-22-16-9-18(28-3)17(27-2)8-15(16)20(24)26/h4-9,11-12H,10H2,1-3H3,(H,23,25). The van der Waals surface area contributed by atoms with Crippen molar-refractivity contribution < 1.29 is 18.7 Å². The Morgan fingerprint density at radius 1 is 1.18 bits per heavy atom. The van der Waals surface area contributed by atoms with E-state index in [1.54, 1.807) is 31.2 Å². The summed E-state index contributed by atoms with van der Waals surface area (Å²) in [5.74, 6) is 0.162. The quantitative estimate of drug-likeness (QED) is 0.705. The first-order valence-corrected chi connectivity index (χ1v) is 8.59. The molecule has 1 atom stereocenters. The second-order valence-corrected chi connectivity index (χ2v) is 6.24. The fourth-order valence-corrected chi connectivity index (χ4v) is 2.87. The maximum Gasteiger partial charge on any atom is 0.261 e. The van der Waals surface area contributed by atoms with Crippen LogP contribution in [0.4, 0.5) is 4.39 Å². The van der Waals surface area contributed by atoms with Gasteiger partial charge >= 0.3 is 0 Å². The Labute approximate surface area is 160 Å². The molecule has 3 aromatic rings. The molecule has 0 saturated carbocycles. The number of carbonyl (C=O) groups excluding carboxylic acids is 1. The summed E-state index contributed by atoms with van der Waals surface area (Å²) >= 11 is 0. The van der Waals surface area contributed by atoms with E-state index in [0.29, 0.717) is 22.4 Å². The van der Waals surface area contributed by atoms with E-state index in [1.807, 2.05) is 0 Å². The van der Waals surface area contributed by atoms with Gasteiger partial charge in [0, 0.05) is 6.07 Å². The summed E-state index contributed by atoms with van der Waals surface area (Å²) in [5, 5.41) is 3.11. The molecule has 1 N–H and O–H groups in total. The smallest absolute Gasteiger partial charge is 0.261 e. The molecule has 0 bridgehead atoms. The van der Waals surface area contributed by atoms with Gasteiger partial charge < -0.3 is 14.8 Å². The third kappa shape index (κ3) is 3.95. The molecule has 0 fully saturated rings. The van der Waals surface area contributed by atoms with Crippen LogP contribution in [0.25, 0.3) is 10.9 Å². The number of nitrogens with one attached hydrogen (secondary N) is 1. The third-order valence-corrected chi connectivity index (χ3v) is 4.39. The molecular weight excluding hydrogens is 365 g/mol. The molecular formula is C20H20FN3O4. The summed E-state index contributed by atoms with van der Waals surface area (Å²) in [6.07, 6.45) is 1.32. The van der Waals surface area contributed by atoms with Gasteiger partial charge in [0.2, 0.25) is 5.91 Å². The minimum Gasteiger partial charge on any atom is -0.493 e. The molecule has 2 aromatic carbocycles. The summed E-state index contributed by atoms with van der Waals surface area (Å²) in [6, 6.07) is 8.68. The number of ether oxygens (including phenoxy) is 2. The van der Waals surface area contributed by atoms with Crippen molar-refractivity contribution in [3.63, 3.8) is 0 Å². The average Bonchev–Trinajstić information content (AvgIpc) is 2.69. The van der Waals surface area contributed by atoms with Crippen LogP contribution in [0.5, 0.6) is 11.5 Å². The first kappa shape index (κ1) is 19.3. The maximum atomic E-state index is 13.0. The lowest BCUT2D eigenvalue weighted by atomic mass is 10.1. The Hall–Kier alpha value is -3.42. The van der Waals surface area contributed by atoms with E-state index in [9.17, 15) is 14.0 Å². The van der Waals surface area contributed by atoms with E-state index in [4.69, 9.17) is 9.47 Å². The van der Waals surface area contributed by atoms with E-state index >= 15 is 0 Å². The molecule has 28 heavy (non-hydrogen) atoms. The van der Waals surface area contributed by atoms with Crippen LogP contribution in [0.3, 0.4) is 0 Å². The molecule has 8 heteroatoms. The monoisotopic (exact) mass is 385 g/mol. The van der Waals surface area contributed by atoms with Crippen LogP contribution in [-0.4, -0.2) is 29.7 Å². The average molecular weight is 385 g/mol. The number of hydrogen-bond acceptors (Lipinski definition) is 5. The van der Waals surface area contributed by atoms with Crippen molar-refractivity contribution in [1.82, 2.24) is 14.9 Å². The van der Waals surface area contributed by atoms with E-state index < -0.39 is 0 Å². The highest BCUT2D eigenvalue weighted by molar-refractivity contribution is 5.82. The van der Waals surface area contributed by atoms with Crippen LogP contribution in [0, 0.1) is 5.82 Å². The number of rotatable bonds is 6. The minimum absolute atomic E-state index is 0.193. The molecule has 0 aliphatic carbocycles. The number of benzene rings is 2. The van der Waals surface area contributed by atoms with Gasteiger partial charge in [-0.25, -0.2) is 9.37 Å². The summed E-state index contributed by atoms with van der Waals surface area (Å²) in [4.78, 5) is 29.3. The zero-order chi connectivity index (χ0) is 20.3. The summed E-state index contributed by atoms with van der Waals surface area (Å²) < 4.78 is 24.7. The Morgan fingerprint density at radius 3 is 2.46 bits per heavy atom. The Morgan fingerprint density at radius 2 is 1.82 bits per heavy atom. The number of carbonyl (C=O) groups is 1. The predicted octanol–water partition coefficient (Wildman–Crippen LogP) is 2.43. The third-order valence-electron chi connectivity index (χ3n) is 4.39. The normalized spacial score (nSPS) is 11.9. The fraction of sp³-hybridized carbons (Fsp3) is 0.250. The Bertz CT molecular complexity index is 1060. The molecule has 1 aromatic heterocycles. The Balaban J connectivity index is 1.81. The largest absolute Gasteiger partial charge is 0.493 e. The lowest BCUT2D eigenvalue weighted by Crippen LogP contribution is -2.34. The van der Waals surface area contributed by atoms with Gasteiger partial charge in [-0.05, 0) is 30.7 Å². The molecule has 1 heterocycles. The number of hydrogen-bond donors (Lipinski definition) is 1. The second kappa shape index (κ2) is 8.08. The summed E-state index contributed by atoms with van der Waals surface area (Å²) in [5.41, 5.74) is 0.838. The van der Waals surface area contributed by atoms with E-state index in [2.05, 4.69) is 10.3 Å². The summed E-state index contributed by atoms with van der Waals surface area (Å²) in [7, 11) is 2.97. The molecule has 1 unspecified atom stereocenters. The SMILES string of the molecule is COc1cc2ncn(CC(=O)NC(C)c3ccc(F)cc3)c(=O)c2cc1OC. The van der Waals surface area contributed by atoms with Crippen LogP contribution in [0.1, 0.15) is 18.5 Å². The van der Waals surface area contributed by atoms with Gasteiger partial charge in [-0.2, -0.15) is 0 Å². The number of methoxy groups -OCH3 is 2. The van der Waals surface area contributed by atoms with E-state index in [1.165, 1.54) is 37.2 Å². The molecule has 0 aliphatic rings. The lowest BCUT2D eigenvalue weighted by molar-refractivity contribution is -0.122. The van der Waals surface area contributed by atoms with Crippen molar-refractivity contribution in [2.24, 2.45) is 0 Å². The molecule has 0 aliphatic heterocycles. The van der Waals surface area contributed by atoms with Crippen LogP contribution in [-0.2, 0) is 11.3 Å². The highest BCUT2D eigenvalue weighted by Crippen LogP contribution is 2.29. The van der Waals surface area contributed by atoms with Crippen molar-refractivity contribution in [1.29, 1.82) is 0 Å². The van der Waals surface area contributed by atoms with Gasteiger partial charge in [-0.15, -0.1) is 0 Å². The maximum absolute atomic E-state index is 13.0. The highest BCUT2D eigenvalue weighted by atomic mass is 19.1. The number of halogens is 1. The topological polar surface area (TPSA) is 82.5 Å². The van der Waals surface area contributed by atoms with Gasteiger partial charge in [-0.1, -0.05) is 12.1 Å². The van der Waals surface area contributed by atoms with E-state index in [0.717, 1.165) is 5.56 Å². The lowest BCUT2D eigenvalue weighted by Gasteiger charge is -2.15. The molecule has 1 amide bonds. The number of aromatic nitrogens is 2. The van der Waals surface area contributed by atoms with Crippen molar-refractivity contribution in [3.8, 4) is 11.5 Å². The first-order valence-electron chi connectivity index (χ1n) is 8.59. The zero-order valence-corrected chi connectivity index (χ0v) is 15.7. The molecule has 7 nitrogen and oxygen atoms in total. The molecule has 3 rings (SSSR count). The number of nitrogens with zero attached hydrogens (tertiary/aromatic N) is 2. The Kier molecular flexibility index (Phi) is 5.58. The number of amides is 1. The fourth-order valence-electron chi connectivity index (χ4n) is 2.87. The predicted molar refractivity (Wildman–Crippen MR) is 102 cm³/mol. The molecule has 0 spiro atoms.